The third-order valence-corrected chi connectivity index (χ3v) is 5.45. The summed E-state index contributed by atoms with van der Waals surface area (Å²) in [4.78, 5) is 28.2. The van der Waals surface area contributed by atoms with Gasteiger partial charge in [0.15, 0.2) is 5.65 Å². The molecule has 1 aliphatic rings. The fourth-order valence-electron chi connectivity index (χ4n) is 3.99. The molecule has 0 atom stereocenters. The molecule has 0 bridgehead atoms. The maximum absolute atomic E-state index is 11.6. The van der Waals surface area contributed by atoms with Gasteiger partial charge in [0.1, 0.15) is 5.65 Å². The molecule has 1 aliphatic carbocycles. The Hall–Kier alpha value is -3.49. The van der Waals surface area contributed by atoms with Gasteiger partial charge < -0.3 is 15.6 Å². The van der Waals surface area contributed by atoms with Crippen molar-refractivity contribution in [3.8, 4) is 11.3 Å². The van der Waals surface area contributed by atoms with Gasteiger partial charge in [0.2, 0.25) is 11.9 Å². The third kappa shape index (κ3) is 3.18. The molecule has 0 unspecified atom stereocenters. The van der Waals surface area contributed by atoms with Crippen LogP contribution in [0.3, 0.4) is 0 Å². The Morgan fingerprint density at radius 3 is 3.03 bits per heavy atom. The Morgan fingerprint density at radius 1 is 1.34 bits per heavy atom. The highest BCUT2D eigenvalue weighted by molar-refractivity contribution is 5.92. The first-order valence-electron chi connectivity index (χ1n) is 9.75. The zero-order valence-corrected chi connectivity index (χ0v) is 16.3. The van der Waals surface area contributed by atoms with Crippen LogP contribution in [0.2, 0.25) is 0 Å². The lowest BCUT2D eigenvalue weighted by Crippen LogP contribution is -2.59. The summed E-state index contributed by atoms with van der Waals surface area (Å²) >= 11 is 0. The first kappa shape index (κ1) is 17.6. The minimum Gasteiger partial charge on any atom is -0.351 e. The summed E-state index contributed by atoms with van der Waals surface area (Å²) in [5.41, 5.74) is 3.19. The minimum atomic E-state index is -0.147. The van der Waals surface area contributed by atoms with Crippen LogP contribution in [0.1, 0.15) is 33.1 Å². The standard InChI is InChI=1S/C20H22N8O/c1-3-17(29)26-20(2)8-12(9-20)24-19-23-11-14-13(10-22-18(14)25-19)15-4-5-16-21-6-7-28(16)27-15/h4-7,10-12H,3,8-9H2,1-2H3,(H,26,29)(H2,22,23,24,25)/t12-,20-. The topological polar surface area (TPSA) is 113 Å². The van der Waals surface area contributed by atoms with E-state index < -0.39 is 0 Å². The number of amides is 1. The monoisotopic (exact) mass is 390 g/mol. The number of rotatable bonds is 5. The fraction of sp³-hybridized carbons (Fsp3) is 0.350. The van der Waals surface area contributed by atoms with Gasteiger partial charge in [-0.15, -0.1) is 0 Å². The van der Waals surface area contributed by atoms with Gasteiger partial charge >= 0.3 is 0 Å². The second-order valence-corrected chi connectivity index (χ2v) is 7.82. The lowest BCUT2D eigenvalue weighted by Gasteiger charge is -2.45. The average molecular weight is 390 g/mol. The lowest BCUT2D eigenvalue weighted by atomic mass is 9.74. The number of hydrogen-bond acceptors (Lipinski definition) is 6. The molecule has 0 radical (unpaired) electrons. The molecule has 0 aromatic carbocycles. The molecular formula is C20H22N8O. The van der Waals surface area contributed by atoms with Gasteiger partial charge in [-0.05, 0) is 31.9 Å². The van der Waals surface area contributed by atoms with Crippen molar-refractivity contribution in [2.24, 2.45) is 0 Å². The number of imidazole rings is 1. The third-order valence-electron chi connectivity index (χ3n) is 5.45. The number of nitrogens with one attached hydrogen (secondary N) is 3. The van der Waals surface area contributed by atoms with Crippen LogP contribution in [0, 0.1) is 0 Å². The minimum absolute atomic E-state index is 0.0880. The van der Waals surface area contributed by atoms with Crippen molar-refractivity contribution in [1.82, 2.24) is 34.9 Å². The summed E-state index contributed by atoms with van der Waals surface area (Å²) in [5, 5.41) is 12.0. The number of aromatic amines is 1. The second kappa shape index (κ2) is 6.54. The Morgan fingerprint density at radius 2 is 2.21 bits per heavy atom. The summed E-state index contributed by atoms with van der Waals surface area (Å²) < 4.78 is 1.75. The summed E-state index contributed by atoms with van der Waals surface area (Å²) in [6.45, 7) is 3.94. The van der Waals surface area contributed by atoms with E-state index in [4.69, 9.17) is 0 Å². The molecule has 0 saturated heterocycles. The molecular weight excluding hydrogens is 368 g/mol. The summed E-state index contributed by atoms with van der Waals surface area (Å²) in [7, 11) is 0. The smallest absolute Gasteiger partial charge is 0.224 e. The number of anilines is 1. The summed E-state index contributed by atoms with van der Waals surface area (Å²) in [5.74, 6) is 0.669. The van der Waals surface area contributed by atoms with Gasteiger partial charge in [-0.1, -0.05) is 6.92 Å². The molecule has 9 heteroatoms. The highest BCUT2D eigenvalue weighted by Crippen LogP contribution is 2.34. The van der Waals surface area contributed by atoms with E-state index >= 15 is 0 Å². The van der Waals surface area contributed by atoms with Crippen molar-refractivity contribution in [3.05, 3.63) is 36.9 Å². The normalized spacial score (nSPS) is 21.2. The molecule has 1 amide bonds. The Balaban J connectivity index is 1.33. The summed E-state index contributed by atoms with van der Waals surface area (Å²) in [6.07, 6.45) is 9.46. The van der Waals surface area contributed by atoms with Crippen molar-refractivity contribution in [1.29, 1.82) is 0 Å². The van der Waals surface area contributed by atoms with Gasteiger partial charge in [0, 0.05) is 53.7 Å². The van der Waals surface area contributed by atoms with Crippen LogP contribution >= 0.6 is 0 Å². The van der Waals surface area contributed by atoms with Crippen molar-refractivity contribution in [2.45, 2.75) is 44.7 Å². The van der Waals surface area contributed by atoms with Crippen molar-refractivity contribution < 1.29 is 4.79 Å². The maximum Gasteiger partial charge on any atom is 0.224 e. The van der Waals surface area contributed by atoms with Gasteiger partial charge in [-0.2, -0.15) is 10.1 Å². The molecule has 5 rings (SSSR count). The molecule has 1 saturated carbocycles. The Kier molecular flexibility index (Phi) is 3.97. The van der Waals surface area contributed by atoms with Crippen molar-refractivity contribution in [2.75, 3.05) is 5.32 Å². The van der Waals surface area contributed by atoms with Crippen LogP contribution in [0.25, 0.3) is 27.9 Å². The van der Waals surface area contributed by atoms with E-state index in [9.17, 15) is 4.79 Å². The van der Waals surface area contributed by atoms with Crippen LogP contribution in [0.15, 0.2) is 36.9 Å². The highest BCUT2D eigenvalue weighted by atomic mass is 16.1. The zero-order valence-electron chi connectivity index (χ0n) is 16.3. The molecule has 3 N–H and O–H groups in total. The van der Waals surface area contributed by atoms with E-state index in [0.717, 1.165) is 40.8 Å². The van der Waals surface area contributed by atoms with E-state index in [-0.39, 0.29) is 17.5 Å². The molecule has 4 aromatic heterocycles. The number of carbonyl (C=O) groups excluding carboxylic acids is 1. The number of aromatic nitrogens is 6. The fourth-order valence-corrected chi connectivity index (χ4v) is 3.99. The molecule has 4 heterocycles. The molecule has 29 heavy (non-hydrogen) atoms. The van der Waals surface area contributed by atoms with E-state index in [0.29, 0.717) is 12.4 Å². The number of fused-ring (bicyclic) bond motifs is 2. The van der Waals surface area contributed by atoms with Crippen LogP contribution in [-0.4, -0.2) is 47.0 Å². The van der Waals surface area contributed by atoms with Gasteiger partial charge in [0.05, 0.1) is 5.69 Å². The van der Waals surface area contributed by atoms with E-state index in [1.54, 1.807) is 10.7 Å². The van der Waals surface area contributed by atoms with Crippen molar-refractivity contribution in [3.63, 3.8) is 0 Å². The van der Waals surface area contributed by atoms with Crippen molar-refractivity contribution >= 4 is 28.5 Å². The van der Waals surface area contributed by atoms with E-state index in [2.05, 4.69) is 42.6 Å². The molecule has 1 fully saturated rings. The molecule has 9 nitrogen and oxygen atoms in total. The molecule has 0 spiro atoms. The van der Waals surface area contributed by atoms with Crippen LogP contribution in [0.4, 0.5) is 5.95 Å². The molecule has 4 aromatic rings. The van der Waals surface area contributed by atoms with E-state index in [1.807, 2.05) is 37.6 Å². The molecule has 148 valence electrons. The van der Waals surface area contributed by atoms with E-state index in [1.165, 1.54) is 0 Å². The Labute approximate surface area is 167 Å². The first-order valence-corrected chi connectivity index (χ1v) is 9.75. The SMILES string of the molecule is CCC(=O)N[C@]1(C)C[C@@H](Nc2ncc3c(-c4ccc5nccn5n4)c[nH]c3n2)C1. The van der Waals surface area contributed by atoms with Crippen LogP contribution in [-0.2, 0) is 4.79 Å². The van der Waals surface area contributed by atoms with Crippen LogP contribution < -0.4 is 10.6 Å². The summed E-state index contributed by atoms with van der Waals surface area (Å²) in [6, 6.07) is 4.12. The van der Waals surface area contributed by atoms with Gasteiger partial charge in [-0.3, -0.25) is 4.79 Å². The second-order valence-electron chi connectivity index (χ2n) is 7.82. The predicted octanol–water partition coefficient (Wildman–Crippen LogP) is 2.53. The quantitative estimate of drug-likeness (QED) is 0.483. The number of carbonyl (C=O) groups is 1. The lowest BCUT2D eigenvalue weighted by molar-refractivity contribution is -0.123. The molecule has 0 aliphatic heterocycles. The largest absolute Gasteiger partial charge is 0.351 e. The first-order chi connectivity index (χ1) is 14.0. The Bertz CT molecular complexity index is 1200. The predicted molar refractivity (Wildman–Crippen MR) is 109 cm³/mol. The van der Waals surface area contributed by atoms with Crippen LogP contribution in [0.5, 0.6) is 0 Å². The number of H-pyrrole nitrogens is 1. The van der Waals surface area contributed by atoms with Gasteiger partial charge in [0.25, 0.3) is 0 Å². The zero-order chi connectivity index (χ0) is 20.0. The highest BCUT2D eigenvalue weighted by Gasteiger charge is 2.41. The average Bonchev–Trinajstić information content (AvgIpc) is 3.32. The maximum atomic E-state index is 11.6. The number of nitrogens with zero attached hydrogens (tertiary/aromatic N) is 5. The number of hydrogen-bond donors (Lipinski definition) is 3. The van der Waals surface area contributed by atoms with Gasteiger partial charge in [-0.25, -0.2) is 14.5 Å².